The second-order valence-electron chi connectivity index (χ2n) is 7.01. The van der Waals surface area contributed by atoms with Crippen molar-refractivity contribution >= 4 is 28.8 Å². The van der Waals surface area contributed by atoms with Crippen LogP contribution in [0.4, 0.5) is 0 Å². The molecule has 0 unspecified atom stereocenters. The van der Waals surface area contributed by atoms with Gasteiger partial charge in [0.05, 0.1) is 16.6 Å². The molecule has 0 aliphatic carbocycles. The van der Waals surface area contributed by atoms with Crippen molar-refractivity contribution in [2.75, 3.05) is 6.54 Å². The van der Waals surface area contributed by atoms with Crippen LogP contribution in [-0.4, -0.2) is 27.1 Å². The van der Waals surface area contributed by atoms with E-state index in [4.69, 9.17) is 11.6 Å². The van der Waals surface area contributed by atoms with Gasteiger partial charge >= 0.3 is 0 Å². The van der Waals surface area contributed by atoms with E-state index in [0.29, 0.717) is 13.1 Å². The van der Waals surface area contributed by atoms with Crippen molar-refractivity contribution in [3.63, 3.8) is 0 Å². The lowest BCUT2D eigenvalue weighted by Crippen LogP contribution is -2.37. The first-order chi connectivity index (χ1) is 13.5. The SMILES string of the molecule is C=CC(=O)N1Cc2sc(Cl)cc2[C@@H](c2ccccc2-c2cn(C)nc2CC)C1. The summed E-state index contributed by atoms with van der Waals surface area (Å²) in [7, 11) is 1.95. The first-order valence-corrected chi connectivity index (χ1v) is 10.5. The molecule has 1 aliphatic heterocycles. The zero-order valence-corrected chi connectivity index (χ0v) is 17.6. The summed E-state index contributed by atoms with van der Waals surface area (Å²) in [4.78, 5) is 15.4. The Morgan fingerprint density at radius 1 is 1.36 bits per heavy atom. The number of thiophene rings is 1. The average molecular weight is 412 g/mol. The number of benzene rings is 1. The number of nitrogens with zero attached hydrogens (tertiary/aromatic N) is 3. The molecule has 4 rings (SSSR count). The van der Waals surface area contributed by atoms with Crippen molar-refractivity contribution in [1.29, 1.82) is 0 Å². The standard InChI is InChI=1S/C22H22ClN3OS/c1-4-19-18(11-25(3)24-19)15-9-7-6-8-14(15)17-12-26(22(27)5-2)13-20-16(17)10-21(23)28-20/h5-11,17H,2,4,12-13H2,1,3H3/t17-/m1/s1. The fraction of sp³-hybridized carbons (Fsp3) is 0.273. The minimum Gasteiger partial charge on any atom is -0.333 e. The van der Waals surface area contributed by atoms with E-state index in [-0.39, 0.29) is 11.8 Å². The van der Waals surface area contributed by atoms with E-state index in [1.807, 2.05) is 16.6 Å². The van der Waals surface area contributed by atoms with Crippen LogP contribution in [0.15, 0.2) is 49.2 Å². The predicted octanol–water partition coefficient (Wildman–Crippen LogP) is 5.02. The Labute approximate surface area is 174 Å². The van der Waals surface area contributed by atoms with E-state index < -0.39 is 0 Å². The quantitative estimate of drug-likeness (QED) is 0.565. The lowest BCUT2D eigenvalue weighted by molar-refractivity contribution is -0.127. The minimum absolute atomic E-state index is 0.0479. The summed E-state index contributed by atoms with van der Waals surface area (Å²) in [5.74, 6) is 0.0193. The summed E-state index contributed by atoms with van der Waals surface area (Å²) >= 11 is 7.91. The van der Waals surface area contributed by atoms with Crippen LogP contribution >= 0.6 is 22.9 Å². The van der Waals surface area contributed by atoms with Gasteiger partial charge in [0.25, 0.3) is 0 Å². The molecule has 0 saturated heterocycles. The summed E-state index contributed by atoms with van der Waals surface area (Å²) < 4.78 is 2.63. The van der Waals surface area contributed by atoms with Gasteiger partial charge in [-0.15, -0.1) is 11.3 Å². The fourth-order valence-electron chi connectivity index (χ4n) is 4.01. The highest BCUT2D eigenvalue weighted by molar-refractivity contribution is 7.16. The van der Waals surface area contributed by atoms with E-state index in [2.05, 4.69) is 55.1 Å². The molecule has 1 amide bonds. The normalized spacial score (nSPS) is 16.1. The number of fused-ring (bicyclic) bond motifs is 1. The third-order valence-electron chi connectivity index (χ3n) is 5.28. The van der Waals surface area contributed by atoms with Crippen LogP contribution in [0.2, 0.25) is 4.34 Å². The van der Waals surface area contributed by atoms with Gasteiger partial charge < -0.3 is 4.90 Å². The molecule has 0 radical (unpaired) electrons. The van der Waals surface area contributed by atoms with Crippen molar-refractivity contribution in [1.82, 2.24) is 14.7 Å². The third kappa shape index (κ3) is 3.29. The van der Waals surface area contributed by atoms with Crippen LogP contribution in [0.1, 0.15) is 34.5 Å². The van der Waals surface area contributed by atoms with Crippen molar-refractivity contribution in [2.45, 2.75) is 25.8 Å². The highest BCUT2D eigenvalue weighted by Crippen LogP contribution is 2.43. The summed E-state index contributed by atoms with van der Waals surface area (Å²) in [6.45, 7) is 6.98. The average Bonchev–Trinajstić information content (AvgIpc) is 3.27. The monoisotopic (exact) mass is 411 g/mol. The van der Waals surface area contributed by atoms with Crippen LogP contribution in [0, 0.1) is 0 Å². The van der Waals surface area contributed by atoms with Crippen LogP contribution in [-0.2, 0) is 24.8 Å². The van der Waals surface area contributed by atoms with Crippen molar-refractivity contribution in [3.05, 3.63) is 75.2 Å². The maximum absolute atomic E-state index is 12.4. The molecule has 0 fully saturated rings. The zero-order chi connectivity index (χ0) is 19.8. The number of hydrogen-bond acceptors (Lipinski definition) is 3. The Kier molecular flexibility index (Phi) is 5.13. The van der Waals surface area contributed by atoms with E-state index in [0.717, 1.165) is 26.9 Å². The molecule has 3 heterocycles. The zero-order valence-electron chi connectivity index (χ0n) is 16.0. The van der Waals surface area contributed by atoms with Gasteiger partial charge in [-0.3, -0.25) is 9.48 Å². The van der Waals surface area contributed by atoms with Gasteiger partial charge in [-0.1, -0.05) is 49.4 Å². The van der Waals surface area contributed by atoms with Gasteiger partial charge in [-0.05, 0) is 35.3 Å². The van der Waals surface area contributed by atoms with E-state index in [1.54, 1.807) is 11.3 Å². The first kappa shape index (κ1) is 19.0. The molecule has 144 valence electrons. The van der Waals surface area contributed by atoms with Crippen LogP contribution in [0.3, 0.4) is 0 Å². The summed E-state index contributed by atoms with van der Waals surface area (Å²) in [6.07, 6.45) is 4.33. The molecule has 1 aliphatic rings. The Morgan fingerprint density at radius 2 is 2.14 bits per heavy atom. The maximum Gasteiger partial charge on any atom is 0.246 e. The molecule has 6 heteroatoms. The van der Waals surface area contributed by atoms with Crippen LogP contribution < -0.4 is 0 Å². The first-order valence-electron chi connectivity index (χ1n) is 9.33. The lowest BCUT2D eigenvalue weighted by atomic mass is 9.84. The highest BCUT2D eigenvalue weighted by Gasteiger charge is 2.32. The Balaban J connectivity index is 1.86. The van der Waals surface area contributed by atoms with Crippen molar-refractivity contribution in [2.24, 2.45) is 7.05 Å². The Bertz CT molecular complexity index is 1050. The Hall–Kier alpha value is -2.37. The molecule has 0 spiro atoms. The van der Waals surface area contributed by atoms with Crippen molar-refractivity contribution in [3.8, 4) is 11.1 Å². The van der Waals surface area contributed by atoms with Gasteiger partial charge in [-0.2, -0.15) is 5.10 Å². The molecule has 1 aromatic carbocycles. The van der Waals surface area contributed by atoms with Crippen LogP contribution in [0.5, 0.6) is 0 Å². The largest absolute Gasteiger partial charge is 0.333 e. The number of aromatic nitrogens is 2. The van der Waals surface area contributed by atoms with E-state index in [9.17, 15) is 4.79 Å². The topological polar surface area (TPSA) is 38.1 Å². The van der Waals surface area contributed by atoms with E-state index in [1.165, 1.54) is 22.8 Å². The lowest BCUT2D eigenvalue weighted by Gasteiger charge is -2.33. The van der Waals surface area contributed by atoms with Gasteiger partial charge in [0.15, 0.2) is 0 Å². The fourth-order valence-corrected chi connectivity index (χ4v) is 5.37. The second kappa shape index (κ2) is 7.57. The molecular weight excluding hydrogens is 390 g/mol. The Morgan fingerprint density at radius 3 is 2.89 bits per heavy atom. The van der Waals surface area contributed by atoms with E-state index >= 15 is 0 Å². The molecule has 2 aromatic heterocycles. The number of carbonyl (C=O) groups excluding carboxylic acids is 1. The number of amides is 1. The van der Waals surface area contributed by atoms with Gasteiger partial charge in [0.2, 0.25) is 5.91 Å². The molecule has 4 nitrogen and oxygen atoms in total. The summed E-state index contributed by atoms with van der Waals surface area (Å²) in [5.41, 5.74) is 5.81. The van der Waals surface area contributed by atoms with Gasteiger partial charge in [0.1, 0.15) is 0 Å². The number of halogens is 1. The van der Waals surface area contributed by atoms with Crippen LogP contribution in [0.25, 0.3) is 11.1 Å². The van der Waals surface area contributed by atoms with Gasteiger partial charge in [0, 0.05) is 36.1 Å². The second-order valence-corrected chi connectivity index (χ2v) is 8.78. The minimum atomic E-state index is -0.0479. The molecular formula is C22H22ClN3OS. The van der Waals surface area contributed by atoms with Gasteiger partial charge in [-0.25, -0.2) is 0 Å². The number of rotatable bonds is 4. The number of aryl methyl sites for hydroxylation is 2. The number of hydrogen-bond donors (Lipinski definition) is 0. The molecule has 1 atom stereocenters. The predicted molar refractivity (Wildman–Crippen MR) is 115 cm³/mol. The highest BCUT2D eigenvalue weighted by atomic mass is 35.5. The summed E-state index contributed by atoms with van der Waals surface area (Å²) in [5, 5.41) is 4.62. The third-order valence-corrected chi connectivity index (χ3v) is 6.54. The van der Waals surface area contributed by atoms with Crippen molar-refractivity contribution < 1.29 is 4.79 Å². The molecule has 0 bridgehead atoms. The smallest absolute Gasteiger partial charge is 0.246 e. The molecule has 28 heavy (non-hydrogen) atoms. The molecule has 0 N–H and O–H groups in total. The maximum atomic E-state index is 12.4. The molecule has 0 saturated carbocycles. The number of carbonyl (C=O) groups is 1. The summed E-state index contributed by atoms with van der Waals surface area (Å²) in [6, 6.07) is 10.5. The molecule has 3 aromatic rings.